The number of amides is 1. The lowest BCUT2D eigenvalue weighted by molar-refractivity contribution is -0.187. The van der Waals surface area contributed by atoms with Crippen molar-refractivity contribution in [3.05, 3.63) is 23.2 Å². The summed E-state index contributed by atoms with van der Waals surface area (Å²) in [6, 6.07) is -0.909. The fraction of sp³-hybridized carbons (Fsp3) is 0.583. The Morgan fingerprint density at radius 1 is 1.25 bits per heavy atom. The van der Waals surface area contributed by atoms with Crippen molar-refractivity contribution in [2.75, 3.05) is 0 Å². The molecule has 1 saturated carbocycles. The van der Waals surface area contributed by atoms with E-state index < -0.39 is 24.0 Å². The number of carbonyl (C=O) groups is 1. The number of hydrogen-bond acceptors (Lipinski definition) is 3. The number of carbonyl (C=O) groups excluding carboxylic acids is 1. The van der Waals surface area contributed by atoms with Gasteiger partial charge in [-0.3, -0.25) is 4.79 Å². The first-order valence-electron chi connectivity index (χ1n) is 6.23. The minimum atomic E-state index is -4.30. The molecule has 0 aliphatic heterocycles. The van der Waals surface area contributed by atoms with E-state index in [2.05, 4.69) is 15.3 Å². The Labute approximate surface area is 118 Å². The van der Waals surface area contributed by atoms with E-state index >= 15 is 0 Å². The maximum absolute atomic E-state index is 12.9. The monoisotopic (exact) mass is 307 g/mol. The SMILES string of the molecule is O=C(NC1CCCCC1C(F)(F)F)c1cnc(Cl)cn1. The Morgan fingerprint density at radius 2 is 1.95 bits per heavy atom. The molecule has 20 heavy (non-hydrogen) atoms. The quantitative estimate of drug-likeness (QED) is 0.914. The lowest BCUT2D eigenvalue weighted by atomic mass is 9.84. The van der Waals surface area contributed by atoms with Gasteiger partial charge in [-0.2, -0.15) is 13.2 Å². The van der Waals surface area contributed by atoms with Crippen LogP contribution >= 0.6 is 11.6 Å². The molecule has 1 aromatic heterocycles. The van der Waals surface area contributed by atoms with Gasteiger partial charge < -0.3 is 5.32 Å². The number of rotatable bonds is 2. The number of aromatic nitrogens is 2. The normalized spacial score (nSPS) is 23.4. The predicted molar refractivity (Wildman–Crippen MR) is 66.3 cm³/mol. The molecule has 1 amide bonds. The third kappa shape index (κ3) is 3.59. The zero-order valence-electron chi connectivity index (χ0n) is 10.5. The molecule has 1 heterocycles. The predicted octanol–water partition coefficient (Wildman–Crippen LogP) is 2.98. The Hall–Kier alpha value is -1.37. The molecule has 110 valence electrons. The molecular formula is C12H13ClF3N3O. The van der Waals surface area contributed by atoms with E-state index in [1.54, 1.807) is 0 Å². The number of halogens is 4. The second-order valence-corrected chi connectivity index (χ2v) is 5.12. The minimum absolute atomic E-state index is 0.0408. The van der Waals surface area contributed by atoms with Gasteiger partial charge in [0.2, 0.25) is 0 Å². The highest BCUT2D eigenvalue weighted by molar-refractivity contribution is 6.29. The second-order valence-electron chi connectivity index (χ2n) is 4.74. The molecule has 0 saturated heterocycles. The molecule has 0 bridgehead atoms. The lowest BCUT2D eigenvalue weighted by Crippen LogP contribution is -2.47. The lowest BCUT2D eigenvalue weighted by Gasteiger charge is -2.33. The maximum atomic E-state index is 12.9. The van der Waals surface area contributed by atoms with Crippen molar-refractivity contribution in [1.82, 2.24) is 15.3 Å². The van der Waals surface area contributed by atoms with Crippen molar-refractivity contribution in [1.29, 1.82) is 0 Å². The van der Waals surface area contributed by atoms with Crippen LogP contribution < -0.4 is 5.32 Å². The minimum Gasteiger partial charge on any atom is -0.347 e. The molecule has 1 aromatic rings. The third-order valence-electron chi connectivity index (χ3n) is 3.36. The van der Waals surface area contributed by atoms with Gasteiger partial charge in [0.05, 0.1) is 18.3 Å². The van der Waals surface area contributed by atoms with E-state index in [9.17, 15) is 18.0 Å². The van der Waals surface area contributed by atoms with Crippen molar-refractivity contribution in [3.8, 4) is 0 Å². The van der Waals surface area contributed by atoms with Crippen LogP contribution in [0.15, 0.2) is 12.4 Å². The Balaban J connectivity index is 2.07. The summed E-state index contributed by atoms with van der Waals surface area (Å²) in [5, 5.41) is 2.52. The van der Waals surface area contributed by atoms with Crippen LogP contribution in [0.4, 0.5) is 13.2 Å². The van der Waals surface area contributed by atoms with E-state index in [4.69, 9.17) is 11.6 Å². The van der Waals surface area contributed by atoms with Gasteiger partial charge in [-0.1, -0.05) is 24.4 Å². The van der Waals surface area contributed by atoms with Gasteiger partial charge >= 0.3 is 6.18 Å². The van der Waals surface area contributed by atoms with Crippen LogP contribution in [-0.4, -0.2) is 28.1 Å². The Bertz CT molecular complexity index is 478. The summed E-state index contributed by atoms with van der Waals surface area (Å²) in [7, 11) is 0. The molecule has 2 unspecified atom stereocenters. The van der Waals surface area contributed by atoms with Crippen LogP contribution in [0.2, 0.25) is 5.15 Å². The number of nitrogens with zero attached hydrogens (tertiary/aromatic N) is 2. The summed E-state index contributed by atoms with van der Waals surface area (Å²) in [6.07, 6.45) is -0.426. The van der Waals surface area contributed by atoms with E-state index in [1.165, 1.54) is 6.20 Å². The topological polar surface area (TPSA) is 54.9 Å². The highest BCUT2D eigenvalue weighted by Gasteiger charge is 2.46. The van der Waals surface area contributed by atoms with Crippen molar-refractivity contribution in [2.45, 2.75) is 37.9 Å². The van der Waals surface area contributed by atoms with Crippen molar-refractivity contribution in [2.24, 2.45) is 5.92 Å². The van der Waals surface area contributed by atoms with E-state index in [0.717, 1.165) is 6.20 Å². The number of nitrogens with one attached hydrogen (secondary N) is 1. The molecule has 0 aromatic carbocycles. The highest BCUT2D eigenvalue weighted by Crippen LogP contribution is 2.37. The van der Waals surface area contributed by atoms with Gasteiger partial charge in [0.25, 0.3) is 5.91 Å². The smallest absolute Gasteiger partial charge is 0.347 e. The molecule has 1 aliphatic rings. The molecule has 8 heteroatoms. The average Bonchev–Trinajstić information content (AvgIpc) is 2.38. The van der Waals surface area contributed by atoms with Gasteiger partial charge in [-0.25, -0.2) is 9.97 Å². The van der Waals surface area contributed by atoms with Gasteiger partial charge in [-0.05, 0) is 12.8 Å². The van der Waals surface area contributed by atoms with Crippen LogP contribution in [-0.2, 0) is 0 Å². The number of hydrogen-bond donors (Lipinski definition) is 1. The molecule has 2 atom stereocenters. The molecular weight excluding hydrogens is 295 g/mol. The standard InChI is InChI=1S/C12H13ClF3N3O/c13-10-6-17-9(5-18-10)11(20)19-8-4-2-1-3-7(8)12(14,15)16/h5-8H,1-4H2,(H,19,20). The summed E-state index contributed by atoms with van der Waals surface area (Å²) < 4.78 is 38.7. The van der Waals surface area contributed by atoms with Gasteiger partial charge in [0.1, 0.15) is 10.8 Å². The van der Waals surface area contributed by atoms with Crippen molar-refractivity contribution in [3.63, 3.8) is 0 Å². The Morgan fingerprint density at radius 3 is 2.55 bits per heavy atom. The van der Waals surface area contributed by atoms with Crippen molar-refractivity contribution >= 4 is 17.5 Å². The summed E-state index contributed by atoms with van der Waals surface area (Å²) in [5.74, 6) is -2.16. The first-order chi connectivity index (χ1) is 9.38. The van der Waals surface area contributed by atoms with E-state index in [-0.39, 0.29) is 17.3 Å². The first kappa shape index (κ1) is 15.0. The zero-order chi connectivity index (χ0) is 14.8. The maximum Gasteiger partial charge on any atom is 0.393 e. The molecule has 2 rings (SSSR count). The zero-order valence-corrected chi connectivity index (χ0v) is 11.2. The second kappa shape index (κ2) is 5.95. The fourth-order valence-corrected chi connectivity index (χ4v) is 2.46. The van der Waals surface area contributed by atoms with Crippen LogP contribution in [0.3, 0.4) is 0 Å². The highest BCUT2D eigenvalue weighted by atomic mass is 35.5. The van der Waals surface area contributed by atoms with E-state index in [1.807, 2.05) is 0 Å². The summed E-state index contributed by atoms with van der Waals surface area (Å²) in [5.41, 5.74) is -0.0408. The van der Waals surface area contributed by atoms with Gasteiger partial charge in [0.15, 0.2) is 0 Å². The molecule has 4 nitrogen and oxygen atoms in total. The van der Waals surface area contributed by atoms with Crippen LogP contribution in [0.25, 0.3) is 0 Å². The fourth-order valence-electron chi connectivity index (χ4n) is 2.37. The summed E-state index contributed by atoms with van der Waals surface area (Å²) in [4.78, 5) is 19.3. The largest absolute Gasteiger partial charge is 0.393 e. The first-order valence-corrected chi connectivity index (χ1v) is 6.61. The van der Waals surface area contributed by atoms with Gasteiger partial charge in [0, 0.05) is 6.04 Å². The summed E-state index contributed by atoms with van der Waals surface area (Å²) >= 11 is 5.54. The molecule has 0 spiro atoms. The molecule has 1 aliphatic carbocycles. The average molecular weight is 308 g/mol. The van der Waals surface area contributed by atoms with Gasteiger partial charge in [-0.15, -0.1) is 0 Å². The van der Waals surface area contributed by atoms with Crippen LogP contribution in [0.1, 0.15) is 36.2 Å². The number of alkyl halides is 3. The molecule has 1 N–H and O–H groups in total. The third-order valence-corrected chi connectivity index (χ3v) is 3.55. The molecule has 0 radical (unpaired) electrons. The van der Waals surface area contributed by atoms with Crippen LogP contribution in [0, 0.1) is 5.92 Å². The Kier molecular flexibility index (Phi) is 4.47. The summed E-state index contributed by atoms with van der Waals surface area (Å²) in [6.45, 7) is 0. The van der Waals surface area contributed by atoms with Crippen LogP contribution in [0.5, 0.6) is 0 Å². The molecule has 1 fully saturated rings. The van der Waals surface area contributed by atoms with E-state index in [0.29, 0.717) is 19.3 Å². The van der Waals surface area contributed by atoms with Crippen molar-refractivity contribution < 1.29 is 18.0 Å².